The number of hydrogen-bond acceptors (Lipinski definition) is 0. The summed E-state index contributed by atoms with van der Waals surface area (Å²) in [4.78, 5) is 0. The Kier molecular flexibility index (Phi) is 2.99. The molecule has 26 valence electrons. The van der Waals surface area contributed by atoms with Gasteiger partial charge < -0.3 is 0 Å². The topological polar surface area (TPSA) is 0 Å². The van der Waals surface area contributed by atoms with E-state index in [-0.39, 0.29) is 0 Å². The molecule has 0 aromatic rings. The van der Waals surface area contributed by atoms with Crippen LogP contribution in [0.3, 0.4) is 0 Å². The van der Waals surface area contributed by atoms with Crippen LogP contribution in [-0.2, 0) is 0 Å². The average molecular weight is 202 g/mol. The smallest absolute Gasteiger partial charge is 0.157 e. The van der Waals surface area contributed by atoms with Crippen molar-refractivity contribution < 1.29 is 4.20 Å². The van der Waals surface area contributed by atoms with Gasteiger partial charge in [0.15, 0.2) is 6.85 Å². The minimum absolute atomic E-state index is 1.01. The van der Waals surface area contributed by atoms with E-state index in [1.165, 1.54) is 22.0 Å². The maximum Gasteiger partial charge on any atom is 0.157 e. The van der Waals surface area contributed by atoms with E-state index in [0.29, 0.717) is 0 Å². The molecule has 0 aromatic heterocycles. The van der Waals surface area contributed by atoms with Crippen molar-refractivity contribution in [2.75, 3.05) is 0 Å². The molecule has 0 amide bonds. The summed E-state index contributed by atoms with van der Waals surface area (Å²) in [7, 11) is 4.75. The highest BCUT2D eigenvalue weighted by Crippen LogP contribution is 2.42. The average Bonchev–Trinajstić information content (AvgIpc) is 1.36. The fraction of sp³-hybridized carbons (Fsp3) is 0. The van der Waals surface area contributed by atoms with Crippen LogP contribution in [0, 0.1) is 0 Å². The van der Waals surface area contributed by atoms with Crippen LogP contribution in [0.15, 0.2) is 0 Å². The lowest BCUT2D eigenvalue weighted by atomic mass is 9.79. The van der Waals surface area contributed by atoms with E-state index in [1.807, 2.05) is 0 Å². The van der Waals surface area contributed by atoms with E-state index in [2.05, 4.69) is 0 Å². The molecule has 0 rings (SSSR count). The van der Waals surface area contributed by atoms with Gasteiger partial charge in [0.25, 0.3) is 0 Å². The van der Waals surface area contributed by atoms with Gasteiger partial charge in [0.1, 0.15) is 0 Å². The zero-order valence-corrected chi connectivity index (χ0v) is 5.41. The summed E-state index contributed by atoms with van der Waals surface area (Å²) in [6, 6.07) is 0. The Morgan fingerprint density at radius 1 is 2.40 bits per heavy atom. The van der Waals surface area contributed by atoms with Crippen LogP contribution in [0.1, 0.15) is 0 Å². The summed E-state index contributed by atoms with van der Waals surface area (Å²) in [6.07, 6.45) is 0. The lowest BCUT2D eigenvalue weighted by Gasteiger charge is -1.81. The summed E-state index contributed by atoms with van der Waals surface area (Å²) in [5.41, 5.74) is 0. The van der Waals surface area contributed by atoms with Gasteiger partial charge in [-0.3, -0.25) is 0 Å². The first kappa shape index (κ1) is 4.38. The van der Waals surface area contributed by atoms with Gasteiger partial charge in [0, 0.05) is 7.74 Å². The molecule has 0 aromatic carbocycles. The van der Waals surface area contributed by atoms with Crippen molar-refractivity contribution >= 4 is 42.4 Å². The highest BCUT2D eigenvalue weighted by atomic mass is 127. The second-order valence-corrected chi connectivity index (χ2v) is 3.99. The highest BCUT2D eigenvalue weighted by molar-refractivity contribution is 14.2. The molecule has 0 aliphatic rings. The number of rotatable bonds is 1. The molecule has 5 heavy (non-hydrogen) atoms. The van der Waals surface area contributed by atoms with Crippen molar-refractivity contribution in [3.63, 3.8) is 0 Å². The molecule has 0 bridgehead atoms. The Bertz CT molecular complexity index is 34.5. The third kappa shape index (κ3) is 5.22. The number of hydrogen-bond donors (Lipinski definition) is 0. The SMILES string of the molecule is [3H]B([B])P(F)I. The Morgan fingerprint density at radius 2 is 2.60 bits per heavy atom. The largest absolute Gasteiger partial charge is 0.228 e. The predicted octanol–water partition coefficient (Wildman–Crippen LogP) is 1.14. The van der Waals surface area contributed by atoms with Gasteiger partial charge in [-0.05, 0) is 23.4 Å². The van der Waals surface area contributed by atoms with Crippen LogP contribution in [0.5, 0.6) is 0 Å². The molecule has 0 aliphatic carbocycles. The quantitative estimate of drug-likeness (QED) is 0.339. The fourth-order valence-corrected chi connectivity index (χ4v) is 0. The first-order chi connectivity index (χ1) is 2.64. The molecule has 1 unspecified atom stereocenters. The molecule has 2 radical (unpaired) electrons. The third-order valence-electron chi connectivity index (χ3n) is 0.113. The van der Waals surface area contributed by atoms with E-state index in [0.717, 1.165) is 0 Å². The molecule has 0 fully saturated rings. The standard InChI is InChI=1S/B2FHIP/c1-2-5(3)4/h2H/i2T. The predicted molar refractivity (Wildman–Crippen MR) is 35.0 cm³/mol. The van der Waals surface area contributed by atoms with Crippen LogP contribution in [-0.4, -0.2) is 15.9 Å². The van der Waals surface area contributed by atoms with Crippen molar-refractivity contribution in [1.82, 2.24) is 0 Å². The monoisotopic (exact) mass is 202 g/mol. The van der Waals surface area contributed by atoms with Crippen LogP contribution in [0.25, 0.3) is 0 Å². The van der Waals surface area contributed by atoms with Gasteiger partial charge in [0.2, 0.25) is 0 Å². The molecule has 5 heteroatoms. The second kappa shape index (κ2) is 3.41. The molecule has 0 nitrogen and oxygen atoms in total. The summed E-state index contributed by atoms with van der Waals surface area (Å²) in [5.74, 6) is -1.75. The number of halogens is 2. The van der Waals surface area contributed by atoms with Gasteiger partial charge in [-0.15, -0.1) is 0 Å². The Morgan fingerprint density at radius 3 is 2.60 bits per heavy atom. The van der Waals surface area contributed by atoms with Gasteiger partial charge in [-0.1, -0.05) is 0 Å². The summed E-state index contributed by atoms with van der Waals surface area (Å²) < 4.78 is 18.0. The van der Waals surface area contributed by atoms with Crippen molar-refractivity contribution in [2.45, 2.75) is 0 Å². The summed E-state index contributed by atoms with van der Waals surface area (Å²) >= 11 is 1.52. The Hall–Kier alpha value is 1.22. The van der Waals surface area contributed by atoms with E-state index in [4.69, 9.17) is 9.07 Å². The van der Waals surface area contributed by atoms with Crippen LogP contribution >= 0.6 is 27.8 Å². The van der Waals surface area contributed by atoms with Crippen molar-refractivity contribution in [1.29, 1.82) is 1.34 Å². The van der Waals surface area contributed by atoms with Gasteiger partial charge in [-0.2, -0.15) is 0 Å². The fourth-order valence-electron chi connectivity index (χ4n) is 0. The van der Waals surface area contributed by atoms with Crippen molar-refractivity contribution in [3.05, 3.63) is 0 Å². The minimum atomic E-state index is -1.75. The lowest BCUT2D eigenvalue weighted by molar-refractivity contribution is 0.932. The zero-order valence-electron chi connectivity index (χ0n) is 3.36. The molecule has 1 atom stereocenters. The van der Waals surface area contributed by atoms with Crippen LogP contribution < -0.4 is 0 Å². The van der Waals surface area contributed by atoms with E-state index >= 15 is 0 Å². The molecule has 0 heterocycles. The maximum atomic E-state index is 11.6. The Balaban J connectivity index is 2.99. The van der Waals surface area contributed by atoms with Crippen molar-refractivity contribution in [2.24, 2.45) is 0 Å². The van der Waals surface area contributed by atoms with Gasteiger partial charge in [0.05, 0.1) is 5.75 Å². The third-order valence-corrected chi connectivity index (χ3v) is 1.30. The molecule has 0 N–H and O–H groups in total. The second-order valence-electron chi connectivity index (χ2n) is 0.408. The first-order valence-electron chi connectivity index (χ1n) is 1.51. The normalized spacial score (nSPS) is 16.8. The maximum absolute atomic E-state index is 11.6. The molecule has 0 spiro atoms. The molecule has 0 aliphatic heterocycles. The molecular weight excluding hydrogens is 198 g/mol. The lowest BCUT2D eigenvalue weighted by Crippen LogP contribution is -1.71. The summed E-state index contributed by atoms with van der Waals surface area (Å²) in [5, 5.41) is 0. The van der Waals surface area contributed by atoms with E-state index in [9.17, 15) is 4.20 Å². The van der Waals surface area contributed by atoms with Crippen LogP contribution in [0.4, 0.5) is 4.20 Å². The molecular formula is HB2FIP. The minimum Gasteiger partial charge on any atom is -0.228 e. The summed E-state index contributed by atoms with van der Waals surface area (Å²) in [6.45, 7) is -1.01. The molecule has 0 saturated carbocycles. The Labute approximate surface area is 48.2 Å². The van der Waals surface area contributed by atoms with Crippen molar-refractivity contribution in [3.8, 4) is 0 Å². The van der Waals surface area contributed by atoms with E-state index in [1.54, 1.807) is 0 Å². The highest BCUT2D eigenvalue weighted by Gasteiger charge is 1.90. The van der Waals surface area contributed by atoms with Gasteiger partial charge >= 0.3 is 0 Å². The first-order valence-corrected chi connectivity index (χ1v) is 5.02. The van der Waals surface area contributed by atoms with Gasteiger partial charge in [-0.25, -0.2) is 4.20 Å². The van der Waals surface area contributed by atoms with Crippen LogP contribution in [0.2, 0.25) is 0 Å². The molecule has 0 saturated heterocycles. The zero-order chi connectivity index (χ0) is 5.15. The van der Waals surface area contributed by atoms with E-state index < -0.39 is 12.6 Å².